The number of carboxylic acids is 2. The highest BCUT2D eigenvalue weighted by atomic mass is 79.9. The second-order valence-corrected chi connectivity index (χ2v) is 5.50. The second-order valence-electron chi connectivity index (χ2n) is 4.59. The van der Waals surface area contributed by atoms with Crippen LogP contribution in [0.25, 0.3) is 11.6 Å². The number of allylic oxidation sites excluding steroid dienone is 1. The quantitative estimate of drug-likeness (QED) is 0.675. The Hall–Kier alpha value is -2.41. The number of hydrogen-bond donors (Lipinski definition) is 3. The fraction of sp³-hybridized carbons (Fsp3) is 0.133. The van der Waals surface area contributed by atoms with E-state index in [0.717, 1.165) is 23.0 Å². The first-order valence-electron chi connectivity index (χ1n) is 6.41. The molecule has 1 heterocycles. The molecule has 0 amide bonds. The molecule has 0 saturated heterocycles. The van der Waals surface area contributed by atoms with Crippen molar-refractivity contribution >= 4 is 39.5 Å². The zero-order chi connectivity index (χ0) is 16.1. The van der Waals surface area contributed by atoms with Crippen LogP contribution in [0.2, 0.25) is 0 Å². The molecule has 0 bridgehead atoms. The van der Waals surface area contributed by atoms with Crippen LogP contribution in [0.1, 0.15) is 23.2 Å². The molecule has 0 spiro atoms. The molecular weight excluding hydrogens is 352 g/mol. The largest absolute Gasteiger partial charge is 0.473 e. The van der Waals surface area contributed by atoms with Crippen LogP contribution in [0.5, 0.6) is 0 Å². The number of hydrogen-bond acceptors (Lipinski definition) is 3. The summed E-state index contributed by atoms with van der Waals surface area (Å²) in [4.78, 5) is 25.3. The van der Waals surface area contributed by atoms with Gasteiger partial charge in [-0.3, -0.25) is 0 Å². The molecule has 22 heavy (non-hydrogen) atoms. The molecule has 0 fully saturated rings. The number of aliphatic carboxylic acids is 2. The van der Waals surface area contributed by atoms with Gasteiger partial charge in [0.2, 0.25) is 0 Å². The van der Waals surface area contributed by atoms with Gasteiger partial charge in [-0.05, 0) is 47.8 Å². The molecule has 3 rings (SSSR count). The van der Waals surface area contributed by atoms with Crippen LogP contribution in [0, 0.1) is 0 Å². The van der Waals surface area contributed by atoms with E-state index in [1.165, 1.54) is 16.7 Å². The third-order valence-corrected chi connectivity index (χ3v) is 3.60. The lowest BCUT2D eigenvalue weighted by molar-refractivity contribution is -0.159. The van der Waals surface area contributed by atoms with Gasteiger partial charge in [0.15, 0.2) is 0 Å². The number of H-pyrrole nitrogens is 1. The highest BCUT2D eigenvalue weighted by Gasteiger charge is 2.16. The molecule has 1 aromatic heterocycles. The van der Waals surface area contributed by atoms with Gasteiger partial charge >= 0.3 is 11.9 Å². The summed E-state index contributed by atoms with van der Waals surface area (Å²) in [5.74, 6) is -3.65. The number of nitrogens with zero attached hydrogens (tertiary/aromatic N) is 1. The summed E-state index contributed by atoms with van der Waals surface area (Å²) in [5, 5.41) is 14.8. The fourth-order valence-corrected chi connectivity index (χ4v) is 2.58. The van der Waals surface area contributed by atoms with Crippen molar-refractivity contribution < 1.29 is 19.8 Å². The average molecular weight is 365 g/mol. The Kier molecular flexibility index (Phi) is 5.11. The van der Waals surface area contributed by atoms with Crippen LogP contribution in [0.3, 0.4) is 0 Å². The van der Waals surface area contributed by atoms with Crippen molar-refractivity contribution in [3.05, 3.63) is 52.0 Å². The minimum atomic E-state index is -1.82. The first-order valence-corrected chi connectivity index (χ1v) is 7.20. The lowest BCUT2D eigenvalue weighted by Crippen LogP contribution is -2.09. The number of benzene rings is 1. The summed E-state index contributed by atoms with van der Waals surface area (Å²) in [6.45, 7) is 0. The van der Waals surface area contributed by atoms with E-state index in [1.54, 1.807) is 6.33 Å². The van der Waals surface area contributed by atoms with Gasteiger partial charge in [-0.15, -0.1) is 0 Å². The van der Waals surface area contributed by atoms with Gasteiger partial charge in [-0.2, -0.15) is 0 Å². The molecule has 1 aliphatic rings. The first kappa shape index (κ1) is 16.0. The third-order valence-electron chi connectivity index (χ3n) is 3.11. The molecule has 6 nitrogen and oxygen atoms in total. The molecule has 2 aromatic rings. The Balaban J connectivity index is 0.000000254. The molecule has 1 aliphatic carbocycles. The van der Waals surface area contributed by atoms with E-state index in [2.05, 4.69) is 50.2 Å². The minimum absolute atomic E-state index is 1.07. The summed E-state index contributed by atoms with van der Waals surface area (Å²) in [5.41, 5.74) is 5.27. The van der Waals surface area contributed by atoms with Gasteiger partial charge < -0.3 is 15.2 Å². The summed E-state index contributed by atoms with van der Waals surface area (Å²) in [7, 11) is 0. The summed E-state index contributed by atoms with van der Waals surface area (Å²) in [6, 6.07) is 6.50. The Labute approximate surface area is 134 Å². The number of halogens is 1. The van der Waals surface area contributed by atoms with Crippen LogP contribution in [-0.4, -0.2) is 32.1 Å². The van der Waals surface area contributed by atoms with E-state index in [4.69, 9.17) is 19.8 Å². The predicted octanol–water partition coefficient (Wildman–Crippen LogP) is 2.81. The highest BCUT2D eigenvalue weighted by Crippen LogP contribution is 2.34. The number of fused-ring (bicyclic) bond motifs is 1. The maximum atomic E-state index is 9.10. The summed E-state index contributed by atoms with van der Waals surface area (Å²) >= 11 is 3.51. The zero-order valence-corrected chi connectivity index (χ0v) is 13.0. The van der Waals surface area contributed by atoms with E-state index in [9.17, 15) is 0 Å². The Morgan fingerprint density at radius 1 is 1.23 bits per heavy atom. The van der Waals surface area contributed by atoms with Gasteiger partial charge in [-0.1, -0.05) is 22.0 Å². The maximum absolute atomic E-state index is 9.10. The summed E-state index contributed by atoms with van der Waals surface area (Å²) < 4.78 is 1.16. The standard InChI is InChI=1S/C13H11BrN2.C2H2O4/c14-11-3-4-13-9(5-11)1-2-10(13)6-12-7-15-8-16-12;3-1(4)2(5)6/h3-8H,1-2H2,(H,15,16);(H,3,4)(H,5,6). The number of nitrogens with one attached hydrogen (secondary N) is 1. The number of carbonyl (C=O) groups is 2. The number of aromatic amines is 1. The summed E-state index contributed by atoms with van der Waals surface area (Å²) in [6.07, 6.45) is 8.00. The fourth-order valence-electron chi connectivity index (χ4n) is 2.17. The van der Waals surface area contributed by atoms with Gasteiger partial charge in [0.1, 0.15) is 0 Å². The molecule has 114 valence electrons. The van der Waals surface area contributed by atoms with Crippen LogP contribution in [-0.2, 0) is 16.0 Å². The van der Waals surface area contributed by atoms with Crippen molar-refractivity contribution in [2.75, 3.05) is 0 Å². The van der Waals surface area contributed by atoms with Crippen LogP contribution < -0.4 is 0 Å². The number of aromatic nitrogens is 2. The molecule has 0 aliphatic heterocycles. The van der Waals surface area contributed by atoms with E-state index >= 15 is 0 Å². The van der Waals surface area contributed by atoms with E-state index < -0.39 is 11.9 Å². The number of aryl methyl sites for hydroxylation is 1. The lowest BCUT2D eigenvalue weighted by Gasteiger charge is -2.00. The van der Waals surface area contributed by atoms with Crippen molar-refractivity contribution in [3.8, 4) is 0 Å². The Morgan fingerprint density at radius 2 is 1.95 bits per heavy atom. The second kappa shape index (κ2) is 7.04. The first-order chi connectivity index (χ1) is 10.5. The molecule has 3 N–H and O–H groups in total. The highest BCUT2D eigenvalue weighted by molar-refractivity contribution is 9.10. The zero-order valence-electron chi connectivity index (χ0n) is 11.4. The van der Waals surface area contributed by atoms with Crippen molar-refractivity contribution in [1.82, 2.24) is 9.97 Å². The monoisotopic (exact) mass is 364 g/mol. The lowest BCUT2D eigenvalue weighted by atomic mass is 10.1. The molecule has 1 aromatic carbocycles. The van der Waals surface area contributed by atoms with Gasteiger partial charge in [0.05, 0.1) is 18.2 Å². The average Bonchev–Trinajstić information content (AvgIpc) is 3.10. The van der Waals surface area contributed by atoms with Crippen molar-refractivity contribution in [2.45, 2.75) is 12.8 Å². The Bertz CT molecular complexity index is 711. The number of imidazole rings is 1. The molecule has 0 saturated carbocycles. The molecule has 0 radical (unpaired) electrons. The van der Waals surface area contributed by atoms with Crippen molar-refractivity contribution in [3.63, 3.8) is 0 Å². The molecule has 0 atom stereocenters. The topological polar surface area (TPSA) is 103 Å². The Morgan fingerprint density at radius 3 is 2.55 bits per heavy atom. The van der Waals surface area contributed by atoms with E-state index in [1.807, 2.05) is 6.20 Å². The van der Waals surface area contributed by atoms with Gasteiger partial charge in [-0.25, -0.2) is 14.6 Å². The van der Waals surface area contributed by atoms with Gasteiger partial charge in [0.25, 0.3) is 0 Å². The molecule has 0 unspecified atom stereocenters. The maximum Gasteiger partial charge on any atom is 0.414 e. The molecular formula is C15H13BrN2O4. The van der Waals surface area contributed by atoms with Crippen LogP contribution >= 0.6 is 15.9 Å². The van der Waals surface area contributed by atoms with Gasteiger partial charge in [0, 0.05) is 4.47 Å². The van der Waals surface area contributed by atoms with Crippen molar-refractivity contribution in [1.29, 1.82) is 0 Å². The third kappa shape index (κ3) is 4.05. The normalized spacial score (nSPS) is 14.1. The number of rotatable bonds is 1. The number of carboxylic acid groups (broad SMARTS) is 2. The molecule has 7 heteroatoms. The minimum Gasteiger partial charge on any atom is -0.473 e. The smallest absolute Gasteiger partial charge is 0.414 e. The predicted molar refractivity (Wildman–Crippen MR) is 84.2 cm³/mol. The van der Waals surface area contributed by atoms with Crippen LogP contribution in [0.15, 0.2) is 35.2 Å². The van der Waals surface area contributed by atoms with E-state index in [0.29, 0.717) is 0 Å². The van der Waals surface area contributed by atoms with Crippen molar-refractivity contribution in [2.24, 2.45) is 0 Å². The SMILES string of the molecule is Brc1ccc2c(c1)CCC2=Cc1cnc[nH]1.O=C(O)C(=O)O. The van der Waals surface area contributed by atoms with Crippen LogP contribution in [0.4, 0.5) is 0 Å². The van der Waals surface area contributed by atoms with E-state index in [-0.39, 0.29) is 0 Å².